The second kappa shape index (κ2) is 7.21. The van der Waals surface area contributed by atoms with Crippen LogP contribution in [0, 0.1) is 0 Å². The molecule has 0 aromatic heterocycles. The van der Waals surface area contributed by atoms with Crippen molar-refractivity contribution in [1.29, 1.82) is 0 Å². The van der Waals surface area contributed by atoms with E-state index in [1.165, 1.54) is 37.6 Å². The molecule has 1 saturated heterocycles. The van der Waals surface area contributed by atoms with E-state index in [0.29, 0.717) is 4.24 Å². The van der Waals surface area contributed by atoms with Crippen molar-refractivity contribution in [3.63, 3.8) is 0 Å². The van der Waals surface area contributed by atoms with Crippen LogP contribution in [0.25, 0.3) is 0 Å². The summed E-state index contributed by atoms with van der Waals surface area (Å²) in [6.45, 7) is 6.65. The first-order valence-corrected chi connectivity index (χ1v) is 11.8. The summed E-state index contributed by atoms with van der Waals surface area (Å²) in [7, 11) is -2.61. The van der Waals surface area contributed by atoms with Crippen LogP contribution in [-0.2, 0) is 28.9 Å². The van der Waals surface area contributed by atoms with Gasteiger partial charge in [0.05, 0.1) is 9.14 Å². The minimum Gasteiger partial charge on any atom is -0.455 e. The highest BCUT2D eigenvalue weighted by atomic mass is 32.2. The van der Waals surface area contributed by atoms with Crippen LogP contribution in [0.3, 0.4) is 0 Å². The van der Waals surface area contributed by atoms with Crippen LogP contribution in [0.15, 0.2) is 20.4 Å². The Labute approximate surface area is 162 Å². The molecule has 0 aromatic rings. The zero-order chi connectivity index (χ0) is 20.0. The largest absolute Gasteiger partial charge is 0.455 e. The van der Waals surface area contributed by atoms with E-state index in [-0.39, 0.29) is 16.2 Å². The molecule has 0 unspecified atom stereocenters. The minimum atomic E-state index is -3.89. The van der Waals surface area contributed by atoms with E-state index < -0.39 is 38.8 Å². The van der Waals surface area contributed by atoms with Gasteiger partial charge < -0.3 is 9.47 Å². The van der Waals surface area contributed by atoms with Crippen molar-refractivity contribution >= 4 is 45.2 Å². The predicted octanol–water partition coefficient (Wildman–Crippen LogP) is 2.11. The van der Waals surface area contributed by atoms with Gasteiger partial charge in [0.1, 0.15) is 11.3 Å². The first-order valence-electron chi connectivity index (χ1n) is 7.79. The van der Waals surface area contributed by atoms with Gasteiger partial charge in [-0.1, -0.05) is 0 Å². The number of sulfone groups is 1. The molecule has 7 nitrogen and oxygen atoms in total. The lowest BCUT2D eigenvalue weighted by atomic mass is 10.0. The monoisotopic (exact) mass is 421 g/mol. The predicted molar refractivity (Wildman–Crippen MR) is 103 cm³/mol. The smallest absolute Gasteiger partial charge is 0.355 e. The van der Waals surface area contributed by atoms with Crippen molar-refractivity contribution in [2.45, 2.75) is 44.8 Å². The molecule has 0 aliphatic carbocycles. The van der Waals surface area contributed by atoms with Gasteiger partial charge >= 0.3 is 5.97 Å². The van der Waals surface area contributed by atoms with E-state index in [4.69, 9.17) is 9.47 Å². The van der Waals surface area contributed by atoms with E-state index in [9.17, 15) is 18.0 Å². The number of carbonyl (C=O) groups is 2. The Kier molecular flexibility index (Phi) is 5.92. The maximum Gasteiger partial charge on any atom is 0.355 e. The Morgan fingerprint density at radius 1 is 1.19 bits per heavy atom. The van der Waals surface area contributed by atoms with Gasteiger partial charge in [0.25, 0.3) is 5.91 Å². The third kappa shape index (κ3) is 3.32. The Morgan fingerprint density at radius 3 is 2.15 bits per heavy atom. The summed E-state index contributed by atoms with van der Waals surface area (Å²) in [6, 6.07) is 0. The van der Waals surface area contributed by atoms with Crippen LogP contribution in [0.5, 0.6) is 0 Å². The van der Waals surface area contributed by atoms with E-state index in [0.717, 1.165) is 4.90 Å². The van der Waals surface area contributed by atoms with Gasteiger partial charge in [-0.05, 0) is 40.2 Å². The topological polar surface area (TPSA) is 90.0 Å². The van der Waals surface area contributed by atoms with Gasteiger partial charge in [-0.3, -0.25) is 9.69 Å². The van der Waals surface area contributed by atoms with Crippen molar-refractivity contribution in [2.24, 2.45) is 0 Å². The summed E-state index contributed by atoms with van der Waals surface area (Å²) >= 11 is 2.56. The normalized spacial score (nSPS) is 25.0. The SMILES string of the molecule is CO[C@H]1C(=O)N2C(C(=O)OC(C)(C)C)=C(C)C(=C(SC)SC)S(=O)(=O)[C@H]12. The van der Waals surface area contributed by atoms with Gasteiger partial charge in [-0.15, -0.1) is 23.5 Å². The maximum atomic E-state index is 13.2. The molecule has 146 valence electrons. The van der Waals surface area contributed by atoms with Gasteiger partial charge in [0.2, 0.25) is 9.84 Å². The molecule has 0 spiro atoms. The molecular weight excluding hydrogens is 398 g/mol. The molecule has 10 heteroatoms. The highest BCUT2D eigenvalue weighted by molar-refractivity contribution is 8.22. The number of nitrogens with zero attached hydrogens (tertiary/aromatic N) is 1. The zero-order valence-electron chi connectivity index (χ0n) is 15.8. The fourth-order valence-electron chi connectivity index (χ4n) is 2.93. The highest BCUT2D eigenvalue weighted by Gasteiger charge is 2.62. The number of ether oxygens (including phenoxy) is 2. The van der Waals surface area contributed by atoms with Crippen LogP contribution in [-0.4, -0.2) is 61.9 Å². The number of allylic oxidation sites excluding steroid dienone is 1. The molecule has 2 aliphatic rings. The number of rotatable bonds is 4. The summed E-state index contributed by atoms with van der Waals surface area (Å²) in [5.41, 5.74) is -0.595. The Morgan fingerprint density at radius 2 is 1.73 bits per heavy atom. The Balaban J connectivity index is 2.75. The van der Waals surface area contributed by atoms with E-state index in [1.54, 1.807) is 33.3 Å². The number of carbonyl (C=O) groups excluding carboxylic acids is 2. The quantitative estimate of drug-likeness (QED) is 0.504. The fourth-order valence-corrected chi connectivity index (χ4v) is 7.51. The third-order valence-corrected chi connectivity index (χ3v) is 8.52. The fraction of sp³-hybridized carbons (Fsp3) is 0.625. The first kappa shape index (κ1) is 21.3. The molecular formula is C16H23NO6S3. The van der Waals surface area contributed by atoms with Crippen molar-refractivity contribution in [1.82, 2.24) is 4.90 Å². The van der Waals surface area contributed by atoms with Crippen LogP contribution in [0.2, 0.25) is 0 Å². The molecule has 2 aliphatic heterocycles. The van der Waals surface area contributed by atoms with Gasteiger partial charge in [0.15, 0.2) is 11.5 Å². The molecule has 1 amide bonds. The van der Waals surface area contributed by atoms with Crippen LogP contribution < -0.4 is 0 Å². The highest BCUT2D eigenvalue weighted by Crippen LogP contribution is 2.47. The number of amides is 1. The van der Waals surface area contributed by atoms with Gasteiger partial charge in [-0.2, -0.15) is 0 Å². The number of methoxy groups -OCH3 is 1. The standard InChI is InChI=1S/C16H23NO6S3/c1-8-9(14(19)23-16(2,3)4)17-12(18)10(22-5)13(17)26(20,21)11(8)15(24-6)25-7/h10,13H,1-7H3/t10-,13+/m0/s1. The number of thioether (sulfide) groups is 2. The third-order valence-electron chi connectivity index (χ3n) is 3.94. The van der Waals surface area contributed by atoms with Crippen molar-refractivity contribution in [2.75, 3.05) is 19.6 Å². The minimum absolute atomic E-state index is 0.0337. The number of β-lactam (4-membered cyclic amide) rings is 1. The summed E-state index contributed by atoms with van der Waals surface area (Å²) in [6.07, 6.45) is 2.40. The first-order chi connectivity index (χ1) is 11.9. The summed E-state index contributed by atoms with van der Waals surface area (Å²) in [5, 5.41) is -1.25. The van der Waals surface area contributed by atoms with Crippen molar-refractivity contribution < 1.29 is 27.5 Å². The van der Waals surface area contributed by atoms with Crippen molar-refractivity contribution in [3.8, 4) is 0 Å². The lowest BCUT2D eigenvalue weighted by Gasteiger charge is -2.49. The van der Waals surface area contributed by atoms with Crippen LogP contribution >= 0.6 is 23.5 Å². The molecule has 0 aromatic carbocycles. The van der Waals surface area contributed by atoms with Crippen molar-refractivity contribution in [3.05, 3.63) is 20.4 Å². The second-order valence-corrected chi connectivity index (χ2v) is 10.7. The van der Waals surface area contributed by atoms with E-state index >= 15 is 0 Å². The van der Waals surface area contributed by atoms with E-state index in [1.807, 2.05) is 0 Å². The molecule has 0 radical (unpaired) electrons. The van der Waals surface area contributed by atoms with Gasteiger partial charge in [0, 0.05) is 12.7 Å². The Bertz CT molecular complexity index is 800. The van der Waals surface area contributed by atoms with Crippen LogP contribution in [0.4, 0.5) is 0 Å². The zero-order valence-corrected chi connectivity index (χ0v) is 18.2. The maximum absolute atomic E-state index is 13.2. The average Bonchev–Trinajstić information content (AvgIpc) is 2.50. The molecule has 2 atom stereocenters. The molecule has 0 bridgehead atoms. The number of esters is 1. The summed E-state index contributed by atoms with van der Waals surface area (Å²) in [4.78, 5) is 26.2. The molecule has 1 fully saturated rings. The lowest BCUT2D eigenvalue weighted by Crippen LogP contribution is -2.70. The van der Waals surface area contributed by atoms with Crippen LogP contribution in [0.1, 0.15) is 27.7 Å². The molecule has 0 saturated carbocycles. The molecule has 2 rings (SSSR count). The number of hydrogen-bond acceptors (Lipinski definition) is 8. The summed E-state index contributed by atoms with van der Waals surface area (Å²) < 4.78 is 37.4. The number of hydrogen-bond donors (Lipinski definition) is 0. The molecule has 0 N–H and O–H groups in total. The van der Waals surface area contributed by atoms with E-state index in [2.05, 4.69) is 0 Å². The molecule has 2 heterocycles. The summed E-state index contributed by atoms with van der Waals surface area (Å²) in [5.74, 6) is -1.29. The Hall–Kier alpha value is -0.970. The average molecular weight is 422 g/mol. The lowest BCUT2D eigenvalue weighted by molar-refractivity contribution is -0.167. The second-order valence-electron chi connectivity index (χ2n) is 6.80. The number of fused-ring (bicyclic) bond motifs is 1. The van der Waals surface area contributed by atoms with Gasteiger partial charge in [-0.25, -0.2) is 13.2 Å². The molecule has 26 heavy (non-hydrogen) atoms.